The molecule has 2 heteroatoms. The molecule has 0 radical (unpaired) electrons. The van der Waals surface area contributed by atoms with Crippen molar-refractivity contribution in [3.05, 3.63) is 11.6 Å². The zero-order valence-electron chi connectivity index (χ0n) is 11.5. The third-order valence-corrected chi connectivity index (χ3v) is 5.04. The van der Waals surface area contributed by atoms with E-state index in [1.54, 1.807) is 6.92 Å². The molecule has 0 spiro atoms. The highest BCUT2D eigenvalue weighted by atomic mass is 16.4. The second kappa shape index (κ2) is 6.40. The molecule has 0 atom stereocenters. The minimum absolute atomic E-state index is 0.524. The fourth-order valence-corrected chi connectivity index (χ4v) is 3.94. The van der Waals surface area contributed by atoms with Gasteiger partial charge < -0.3 is 5.11 Å². The third kappa shape index (κ3) is 3.37. The Morgan fingerprint density at radius 2 is 1.56 bits per heavy atom. The van der Waals surface area contributed by atoms with E-state index in [9.17, 15) is 4.79 Å². The molecule has 2 fully saturated rings. The molecular weight excluding hydrogens is 224 g/mol. The van der Waals surface area contributed by atoms with Gasteiger partial charge in [-0.25, -0.2) is 4.79 Å². The number of rotatable bonds is 5. The largest absolute Gasteiger partial charge is 0.478 e. The quantitative estimate of drug-likeness (QED) is 0.734. The molecule has 18 heavy (non-hydrogen) atoms. The summed E-state index contributed by atoms with van der Waals surface area (Å²) < 4.78 is 0. The maximum Gasteiger partial charge on any atom is 0.330 e. The number of allylic oxidation sites excluding steroid dienone is 1. The Morgan fingerprint density at radius 1 is 1.11 bits per heavy atom. The van der Waals surface area contributed by atoms with Gasteiger partial charge in [0.05, 0.1) is 0 Å². The Kier molecular flexibility index (Phi) is 4.85. The number of aliphatic carboxylic acids is 1. The SMILES string of the molecule is CC(=CCC(C1CCCC1)C1CCCC1)C(=O)O. The van der Waals surface area contributed by atoms with Gasteiger partial charge in [0.15, 0.2) is 0 Å². The van der Waals surface area contributed by atoms with Crippen molar-refractivity contribution in [1.29, 1.82) is 0 Å². The predicted molar refractivity (Wildman–Crippen MR) is 73.4 cm³/mol. The fourth-order valence-electron chi connectivity index (χ4n) is 3.94. The predicted octanol–water partition coefficient (Wildman–Crippen LogP) is 4.40. The summed E-state index contributed by atoms with van der Waals surface area (Å²) in [5.41, 5.74) is 0.524. The molecule has 0 aromatic rings. The molecule has 0 unspecified atom stereocenters. The van der Waals surface area contributed by atoms with Crippen LogP contribution in [-0.4, -0.2) is 11.1 Å². The standard InChI is InChI=1S/C16H26O2/c1-12(16(17)18)10-11-15(13-6-2-3-7-13)14-8-4-5-9-14/h10,13-15H,2-9,11H2,1H3,(H,17,18). The van der Waals surface area contributed by atoms with Crippen LogP contribution in [0.3, 0.4) is 0 Å². The number of carboxylic acid groups (broad SMARTS) is 1. The molecule has 0 amide bonds. The van der Waals surface area contributed by atoms with Gasteiger partial charge in [-0.05, 0) is 31.1 Å². The van der Waals surface area contributed by atoms with E-state index in [4.69, 9.17) is 5.11 Å². The lowest BCUT2D eigenvalue weighted by Crippen LogP contribution is -2.20. The van der Waals surface area contributed by atoms with E-state index in [-0.39, 0.29) is 0 Å². The van der Waals surface area contributed by atoms with E-state index >= 15 is 0 Å². The van der Waals surface area contributed by atoms with E-state index in [1.807, 2.05) is 6.08 Å². The normalized spacial score (nSPS) is 23.1. The van der Waals surface area contributed by atoms with Crippen LogP contribution in [0.4, 0.5) is 0 Å². The Morgan fingerprint density at radius 3 is 1.94 bits per heavy atom. The third-order valence-electron chi connectivity index (χ3n) is 5.04. The number of hydrogen-bond donors (Lipinski definition) is 1. The molecule has 0 aromatic heterocycles. The first-order valence-corrected chi connectivity index (χ1v) is 7.58. The highest BCUT2D eigenvalue weighted by Crippen LogP contribution is 2.43. The van der Waals surface area contributed by atoms with Gasteiger partial charge >= 0.3 is 5.97 Å². The lowest BCUT2D eigenvalue weighted by Gasteiger charge is -2.28. The van der Waals surface area contributed by atoms with E-state index < -0.39 is 5.97 Å². The van der Waals surface area contributed by atoms with E-state index in [0.717, 1.165) is 24.2 Å². The van der Waals surface area contributed by atoms with Crippen LogP contribution in [0.25, 0.3) is 0 Å². The van der Waals surface area contributed by atoms with Crippen molar-refractivity contribution in [2.45, 2.75) is 64.7 Å². The summed E-state index contributed by atoms with van der Waals surface area (Å²) in [6.45, 7) is 1.72. The highest BCUT2D eigenvalue weighted by molar-refractivity contribution is 5.85. The fraction of sp³-hybridized carbons (Fsp3) is 0.812. The van der Waals surface area contributed by atoms with E-state index in [0.29, 0.717) is 5.57 Å². The zero-order chi connectivity index (χ0) is 13.0. The summed E-state index contributed by atoms with van der Waals surface area (Å²) in [6, 6.07) is 0. The molecule has 2 nitrogen and oxygen atoms in total. The first kappa shape index (κ1) is 13.6. The van der Waals surface area contributed by atoms with Gasteiger partial charge in [0.1, 0.15) is 0 Å². The first-order valence-electron chi connectivity index (χ1n) is 7.58. The molecule has 0 aromatic carbocycles. The average Bonchev–Trinajstić information content (AvgIpc) is 3.01. The molecule has 0 bridgehead atoms. The van der Waals surface area contributed by atoms with Crippen LogP contribution in [0.2, 0.25) is 0 Å². The smallest absolute Gasteiger partial charge is 0.330 e. The Bertz CT molecular complexity index is 291. The minimum atomic E-state index is -0.758. The molecular formula is C16H26O2. The van der Waals surface area contributed by atoms with Crippen molar-refractivity contribution < 1.29 is 9.90 Å². The Labute approximate surface area is 110 Å². The van der Waals surface area contributed by atoms with Crippen LogP contribution in [0.1, 0.15) is 64.7 Å². The number of carbonyl (C=O) groups is 1. The topological polar surface area (TPSA) is 37.3 Å². The highest BCUT2D eigenvalue weighted by Gasteiger charge is 2.32. The van der Waals surface area contributed by atoms with Crippen molar-refractivity contribution in [1.82, 2.24) is 0 Å². The van der Waals surface area contributed by atoms with Gasteiger partial charge in [-0.2, -0.15) is 0 Å². The monoisotopic (exact) mass is 250 g/mol. The van der Waals surface area contributed by atoms with Gasteiger partial charge in [0.2, 0.25) is 0 Å². The average molecular weight is 250 g/mol. The maximum absolute atomic E-state index is 10.9. The maximum atomic E-state index is 10.9. The van der Waals surface area contributed by atoms with Gasteiger partial charge in [0, 0.05) is 5.57 Å². The Hall–Kier alpha value is -0.790. The van der Waals surface area contributed by atoms with Crippen LogP contribution in [-0.2, 0) is 4.79 Å². The number of carboxylic acids is 1. The van der Waals surface area contributed by atoms with Crippen LogP contribution >= 0.6 is 0 Å². The van der Waals surface area contributed by atoms with Gasteiger partial charge in [-0.1, -0.05) is 57.4 Å². The summed E-state index contributed by atoms with van der Waals surface area (Å²) in [4.78, 5) is 10.9. The molecule has 0 saturated heterocycles. The van der Waals surface area contributed by atoms with Crippen molar-refractivity contribution in [2.75, 3.05) is 0 Å². The van der Waals surface area contributed by atoms with E-state index in [2.05, 4.69) is 0 Å². The molecule has 0 aliphatic heterocycles. The van der Waals surface area contributed by atoms with E-state index in [1.165, 1.54) is 51.4 Å². The summed E-state index contributed by atoms with van der Waals surface area (Å²) in [5, 5.41) is 8.96. The second-order valence-electron chi connectivity index (χ2n) is 6.18. The molecule has 2 rings (SSSR count). The van der Waals surface area contributed by atoms with Crippen molar-refractivity contribution in [3.63, 3.8) is 0 Å². The molecule has 0 heterocycles. The summed E-state index contributed by atoms with van der Waals surface area (Å²) >= 11 is 0. The van der Waals surface area contributed by atoms with Crippen molar-refractivity contribution in [2.24, 2.45) is 17.8 Å². The second-order valence-corrected chi connectivity index (χ2v) is 6.18. The van der Waals surface area contributed by atoms with Gasteiger partial charge in [0.25, 0.3) is 0 Å². The van der Waals surface area contributed by atoms with Crippen molar-refractivity contribution >= 4 is 5.97 Å². The number of hydrogen-bond acceptors (Lipinski definition) is 1. The Balaban J connectivity index is 1.99. The molecule has 1 N–H and O–H groups in total. The first-order chi connectivity index (χ1) is 8.68. The van der Waals surface area contributed by atoms with Gasteiger partial charge in [-0.15, -0.1) is 0 Å². The van der Waals surface area contributed by atoms with Crippen LogP contribution in [0, 0.1) is 17.8 Å². The summed E-state index contributed by atoms with van der Waals surface area (Å²) in [7, 11) is 0. The summed E-state index contributed by atoms with van der Waals surface area (Å²) in [6.07, 6.45) is 14.0. The van der Waals surface area contributed by atoms with Gasteiger partial charge in [-0.3, -0.25) is 0 Å². The minimum Gasteiger partial charge on any atom is -0.478 e. The van der Waals surface area contributed by atoms with Crippen LogP contribution in [0.15, 0.2) is 11.6 Å². The summed E-state index contributed by atoms with van der Waals surface area (Å²) in [5.74, 6) is 1.73. The molecule has 2 aliphatic carbocycles. The lowest BCUT2D eigenvalue weighted by atomic mass is 9.77. The van der Waals surface area contributed by atoms with Crippen molar-refractivity contribution in [3.8, 4) is 0 Å². The van der Waals surface area contributed by atoms with Crippen LogP contribution in [0.5, 0.6) is 0 Å². The lowest BCUT2D eigenvalue weighted by molar-refractivity contribution is -0.132. The molecule has 2 saturated carbocycles. The zero-order valence-corrected chi connectivity index (χ0v) is 11.5. The van der Waals surface area contributed by atoms with Crippen LogP contribution < -0.4 is 0 Å². The molecule has 2 aliphatic rings. The molecule has 102 valence electrons.